The van der Waals surface area contributed by atoms with Crippen LogP contribution < -0.4 is 0 Å². The number of carboxylic acid groups (broad SMARTS) is 2. The summed E-state index contributed by atoms with van der Waals surface area (Å²) in [6, 6.07) is 0. The van der Waals surface area contributed by atoms with Gasteiger partial charge in [-0.1, -0.05) is 24.3 Å². The van der Waals surface area contributed by atoms with Crippen molar-refractivity contribution in [3.63, 3.8) is 0 Å². The predicted molar refractivity (Wildman–Crippen MR) is 96.3 cm³/mol. The van der Waals surface area contributed by atoms with E-state index >= 15 is 0 Å². The third-order valence-electron chi connectivity index (χ3n) is 5.74. The quantitative estimate of drug-likeness (QED) is 0.568. The molecule has 0 saturated heterocycles. The van der Waals surface area contributed by atoms with Crippen LogP contribution in [0.1, 0.15) is 39.0 Å². The number of aliphatic hydroxyl groups excluding tert-OH is 2. The highest BCUT2D eigenvalue weighted by Gasteiger charge is 2.40. The number of rotatable bonds is 4. The molecule has 2 saturated carbocycles. The van der Waals surface area contributed by atoms with Crippen LogP contribution in [0.2, 0.25) is 0 Å². The minimum absolute atomic E-state index is 0.0741. The molecule has 4 aliphatic carbocycles. The maximum Gasteiger partial charge on any atom is 0.307 e. The lowest BCUT2D eigenvalue weighted by atomic mass is 9.94. The zero-order valence-corrected chi connectivity index (χ0v) is 15.2. The van der Waals surface area contributed by atoms with E-state index in [1.807, 2.05) is 0 Å². The van der Waals surface area contributed by atoms with Crippen LogP contribution in [0.3, 0.4) is 0 Å². The summed E-state index contributed by atoms with van der Waals surface area (Å²) in [5, 5.41) is 33.9. The van der Waals surface area contributed by atoms with Gasteiger partial charge in [0.2, 0.25) is 0 Å². The second kappa shape index (κ2) is 9.33. The summed E-state index contributed by atoms with van der Waals surface area (Å²) < 4.78 is 0. The highest BCUT2D eigenvalue weighted by molar-refractivity contribution is 5.72. The van der Waals surface area contributed by atoms with Crippen molar-refractivity contribution in [2.45, 2.75) is 45.1 Å². The summed E-state index contributed by atoms with van der Waals surface area (Å²) in [7, 11) is 0. The van der Waals surface area contributed by atoms with E-state index < -0.39 is 11.9 Å². The number of hydrogen-bond donors (Lipinski definition) is 4. The molecule has 0 radical (unpaired) electrons. The summed E-state index contributed by atoms with van der Waals surface area (Å²) in [6.07, 6.45) is 12.5. The Morgan fingerprint density at radius 2 is 1.31 bits per heavy atom. The maximum absolute atomic E-state index is 10.6. The molecule has 4 bridgehead atoms. The second-order valence-electron chi connectivity index (χ2n) is 7.81. The molecular weight excluding hydrogens is 336 g/mol. The minimum Gasteiger partial charge on any atom is -0.481 e. The molecule has 146 valence electrons. The molecule has 4 aliphatic rings. The third kappa shape index (κ3) is 5.42. The van der Waals surface area contributed by atoms with E-state index in [4.69, 9.17) is 20.4 Å². The van der Waals surface area contributed by atoms with Crippen LogP contribution >= 0.6 is 0 Å². The van der Waals surface area contributed by atoms with Gasteiger partial charge in [-0.15, -0.1) is 0 Å². The summed E-state index contributed by atoms with van der Waals surface area (Å²) in [4.78, 5) is 21.1. The van der Waals surface area contributed by atoms with Crippen molar-refractivity contribution in [1.82, 2.24) is 0 Å². The number of carboxylic acids is 2. The summed E-state index contributed by atoms with van der Waals surface area (Å²) in [5.41, 5.74) is 0. The minimum atomic E-state index is -0.614. The number of aliphatic hydroxyl groups is 2. The molecule has 7 atom stereocenters. The Labute approximate surface area is 154 Å². The largest absolute Gasteiger partial charge is 0.481 e. The van der Waals surface area contributed by atoms with E-state index in [1.165, 1.54) is 0 Å². The van der Waals surface area contributed by atoms with Gasteiger partial charge in [0.1, 0.15) is 0 Å². The normalized spacial score (nSPS) is 36.1. The summed E-state index contributed by atoms with van der Waals surface area (Å²) >= 11 is 0. The third-order valence-corrected chi connectivity index (χ3v) is 5.74. The maximum atomic E-state index is 10.6. The fourth-order valence-electron chi connectivity index (χ4n) is 4.32. The first-order valence-corrected chi connectivity index (χ1v) is 9.43. The number of allylic oxidation sites excluding steroid dienone is 4. The first-order valence-electron chi connectivity index (χ1n) is 9.43. The van der Waals surface area contributed by atoms with Crippen LogP contribution in [0.15, 0.2) is 24.3 Å². The zero-order chi connectivity index (χ0) is 19.3. The molecule has 0 aromatic heterocycles. The van der Waals surface area contributed by atoms with E-state index in [0.29, 0.717) is 30.1 Å². The van der Waals surface area contributed by atoms with E-state index in [1.54, 1.807) is 6.92 Å². The van der Waals surface area contributed by atoms with Gasteiger partial charge >= 0.3 is 11.9 Å². The van der Waals surface area contributed by atoms with Crippen LogP contribution in [-0.2, 0) is 9.59 Å². The highest BCUT2D eigenvalue weighted by atomic mass is 16.4. The van der Waals surface area contributed by atoms with E-state index in [0.717, 1.165) is 25.7 Å². The Balaban J connectivity index is 0.000000146. The number of aliphatic carboxylic acids is 2. The van der Waals surface area contributed by atoms with Crippen LogP contribution in [0.25, 0.3) is 0 Å². The van der Waals surface area contributed by atoms with Crippen molar-refractivity contribution < 1.29 is 30.0 Å². The molecule has 26 heavy (non-hydrogen) atoms. The molecule has 4 rings (SSSR count). The first kappa shape index (κ1) is 20.6. The molecule has 7 unspecified atom stereocenters. The Kier molecular flexibility index (Phi) is 7.41. The number of fused-ring (bicyclic) bond motifs is 4. The average Bonchev–Trinajstić information content (AvgIpc) is 3.36. The molecule has 6 heteroatoms. The lowest BCUT2D eigenvalue weighted by molar-refractivity contribution is -0.143. The number of carbonyl (C=O) groups is 2. The van der Waals surface area contributed by atoms with Crippen LogP contribution in [0.5, 0.6) is 0 Å². The van der Waals surface area contributed by atoms with Gasteiger partial charge < -0.3 is 20.4 Å². The Morgan fingerprint density at radius 3 is 1.42 bits per heavy atom. The van der Waals surface area contributed by atoms with Crippen molar-refractivity contribution in [1.29, 1.82) is 0 Å². The molecule has 0 amide bonds. The molecule has 0 aliphatic heterocycles. The molecule has 0 heterocycles. The van der Waals surface area contributed by atoms with Crippen LogP contribution in [-0.4, -0.2) is 45.1 Å². The SMILES string of the molecule is CC(O)CCO.O=C(O)C1CC2C=CC1C2.O=C(O)C1CC2C=CC1C2. The van der Waals surface area contributed by atoms with Crippen molar-refractivity contribution in [3.05, 3.63) is 24.3 Å². The molecule has 0 aromatic carbocycles. The van der Waals surface area contributed by atoms with Crippen LogP contribution in [0.4, 0.5) is 0 Å². The predicted octanol–water partition coefficient (Wildman–Crippen LogP) is 2.32. The van der Waals surface area contributed by atoms with Gasteiger partial charge in [-0.05, 0) is 62.7 Å². The van der Waals surface area contributed by atoms with Crippen molar-refractivity contribution in [2.24, 2.45) is 35.5 Å². The second-order valence-corrected chi connectivity index (χ2v) is 7.81. The van der Waals surface area contributed by atoms with Gasteiger partial charge in [-0.3, -0.25) is 9.59 Å². The fourth-order valence-corrected chi connectivity index (χ4v) is 4.32. The van der Waals surface area contributed by atoms with Gasteiger partial charge in [-0.2, -0.15) is 0 Å². The van der Waals surface area contributed by atoms with E-state index in [9.17, 15) is 9.59 Å². The molecule has 0 aromatic rings. The topological polar surface area (TPSA) is 115 Å². The monoisotopic (exact) mass is 366 g/mol. The van der Waals surface area contributed by atoms with Gasteiger partial charge in [0, 0.05) is 6.61 Å². The van der Waals surface area contributed by atoms with E-state index in [-0.39, 0.29) is 24.5 Å². The molecular formula is C20H30O6. The lowest BCUT2D eigenvalue weighted by Gasteiger charge is -2.11. The summed E-state index contributed by atoms with van der Waals surface area (Å²) in [6.45, 7) is 1.73. The zero-order valence-electron chi connectivity index (χ0n) is 15.2. The smallest absolute Gasteiger partial charge is 0.307 e. The number of hydrogen-bond acceptors (Lipinski definition) is 4. The van der Waals surface area contributed by atoms with Gasteiger partial charge in [0.15, 0.2) is 0 Å². The highest BCUT2D eigenvalue weighted by Crippen LogP contribution is 2.44. The summed E-state index contributed by atoms with van der Waals surface area (Å²) in [5.74, 6) is 0.473. The average molecular weight is 366 g/mol. The Morgan fingerprint density at radius 1 is 0.885 bits per heavy atom. The van der Waals surface area contributed by atoms with Crippen LogP contribution in [0, 0.1) is 35.5 Å². The van der Waals surface area contributed by atoms with E-state index in [2.05, 4.69) is 24.3 Å². The first-order chi connectivity index (χ1) is 12.3. The molecule has 4 N–H and O–H groups in total. The Bertz CT molecular complexity index is 509. The molecule has 6 nitrogen and oxygen atoms in total. The standard InChI is InChI=1S/2C8H10O2.C4H10O2/c2*9-8(10)7-4-5-1-2-6(7)3-5;1-4(6)2-3-5/h2*1-2,5-7H,3-4H2,(H,9,10);4-6H,2-3H2,1H3. The molecule has 0 spiro atoms. The molecule has 2 fully saturated rings. The fraction of sp³-hybridized carbons (Fsp3) is 0.700. The van der Waals surface area contributed by atoms with Crippen molar-refractivity contribution in [2.75, 3.05) is 6.61 Å². The van der Waals surface area contributed by atoms with Gasteiger partial charge in [-0.25, -0.2) is 0 Å². The van der Waals surface area contributed by atoms with Gasteiger partial charge in [0.25, 0.3) is 0 Å². The Hall–Kier alpha value is -1.66. The van der Waals surface area contributed by atoms with Crippen molar-refractivity contribution >= 4 is 11.9 Å². The lowest BCUT2D eigenvalue weighted by Crippen LogP contribution is -2.17. The van der Waals surface area contributed by atoms with Gasteiger partial charge in [0.05, 0.1) is 17.9 Å². The van der Waals surface area contributed by atoms with Crippen molar-refractivity contribution in [3.8, 4) is 0 Å².